The molecule has 0 unspecified atom stereocenters. The smallest absolute Gasteiger partial charge is 0.416 e. The van der Waals surface area contributed by atoms with Gasteiger partial charge in [0, 0.05) is 11.3 Å². The minimum absolute atomic E-state index is 0.0131. The van der Waals surface area contributed by atoms with Crippen LogP contribution in [0.5, 0.6) is 5.75 Å². The van der Waals surface area contributed by atoms with E-state index in [1.807, 2.05) is 6.92 Å². The molecule has 2 rings (SSSR count). The molecule has 3 nitrogen and oxygen atoms in total. The fourth-order valence-corrected chi connectivity index (χ4v) is 2.44. The second-order valence-electron chi connectivity index (χ2n) is 4.21. The Kier molecular flexibility index (Phi) is 4.17. The molecule has 0 aliphatic heterocycles. The van der Waals surface area contributed by atoms with E-state index in [1.165, 1.54) is 17.4 Å². The van der Waals surface area contributed by atoms with Gasteiger partial charge in [0.15, 0.2) is 0 Å². The molecule has 1 heterocycles. The number of nitrogens with two attached hydrogens (primary N) is 1. The number of aryl methyl sites for hydroxylation is 1. The number of benzene rings is 1. The molecule has 0 spiro atoms. The van der Waals surface area contributed by atoms with Crippen molar-refractivity contribution in [2.24, 2.45) is 0 Å². The minimum atomic E-state index is -4.40. The van der Waals surface area contributed by atoms with Gasteiger partial charge in [-0.15, -0.1) is 11.3 Å². The van der Waals surface area contributed by atoms with Crippen molar-refractivity contribution in [2.75, 3.05) is 12.3 Å². The summed E-state index contributed by atoms with van der Waals surface area (Å²) >= 11 is 1.52. The summed E-state index contributed by atoms with van der Waals surface area (Å²) in [7, 11) is 0. The summed E-state index contributed by atoms with van der Waals surface area (Å²) < 4.78 is 42.9. The summed E-state index contributed by atoms with van der Waals surface area (Å²) in [5.74, 6) is 0.264. The van der Waals surface area contributed by atoms with Gasteiger partial charge in [-0.25, -0.2) is 4.98 Å². The zero-order valence-electron chi connectivity index (χ0n) is 10.7. The zero-order chi connectivity index (χ0) is 14.8. The molecule has 0 atom stereocenters. The Morgan fingerprint density at radius 1 is 1.35 bits per heavy atom. The van der Waals surface area contributed by atoms with Crippen molar-refractivity contribution in [3.05, 3.63) is 39.8 Å². The first-order valence-electron chi connectivity index (χ1n) is 5.86. The Hall–Kier alpha value is -1.76. The number of hydrogen-bond donors (Lipinski definition) is 1. The number of nitrogen functional groups attached to an aromatic ring is 1. The van der Waals surface area contributed by atoms with Crippen LogP contribution in [0.15, 0.2) is 23.7 Å². The number of thiazole rings is 1. The molecule has 0 bridgehead atoms. The zero-order valence-corrected chi connectivity index (χ0v) is 11.5. The predicted octanol–water partition coefficient (Wildman–Crippen LogP) is 3.67. The van der Waals surface area contributed by atoms with Crippen molar-refractivity contribution in [3.63, 3.8) is 0 Å². The number of halogens is 3. The van der Waals surface area contributed by atoms with Gasteiger partial charge in [-0.2, -0.15) is 13.2 Å². The first-order valence-corrected chi connectivity index (χ1v) is 6.74. The van der Waals surface area contributed by atoms with Crippen molar-refractivity contribution >= 4 is 17.0 Å². The van der Waals surface area contributed by atoms with Gasteiger partial charge in [-0.05, 0) is 25.1 Å². The molecule has 0 saturated carbocycles. The lowest BCUT2D eigenvalue weighted by Gasteiger charge is -2.11. The second-order valence-corrected chi connectivity index (χ2v) is 5.15. The molecule has 1 aromatic heterocycles. The molecule has 0 radical (unpaired) electrons. The molecular weight excluding hydrogens is 289 g/mol. The number of anilines is 1. The third-order valence-corrected chi connectivity index (χ3v) is 3.76. The number of rotatable bonds is 4. The van der Waals surface area contributed by atoms with Crippen molar-refractivity contribution in [1.82, 2.24) is 4.98 Å². The van der Waals surface area contributed by atoms with Crippen molar-refractivity contribution in [1.29, 1.82) is 0 Å². The first-order chi connectivity index (χ1) is 9.38. The fourth-order valence-electron chi connectivity index (χ4n) is 1.68. The van der Waals surface area contributed by atoms with Crippen LogP contribution in [0.3, 0.4) is 0 Å². The van der Waals surface area contributed by atoms with Gasteiger partial charge in [0.2, 0.25) is 0 Å². The molecule has 0 aliphatic rings. The van der Waals surface area contributed by atoms with Crippen molar-refractivity contribution in [3.8, 4) is 5.75 Å². The van der Waals surface area contributed by atoms with Gasteiger partial charge in [0.1, 0.15) is 5.75 Å². The lowest BCUT2D eigenvalue weighted by atomic mass is 10.2. The summed E-state index contributed by atoms with van der Waals surface area (Å²) in [4.78, 5) is 5.20. The van der Waals surface area contributed by atoms with Crippen LogP contribution in [-0.2, 0) is 12.6 Å². The van der Waals surface area contributed by atoms with Crippen LogP contribution >= 0.6 is 11.3 Å². The Labute approximate surface area is 118 Å². The molecular formula is C13H13F3N2OS. The normalized spacial score (nSPS) is 11.6. The van der Waals surface area contributed by atoms with Crippen LogP contribution in [0.25, 0.3) is 0 Å². The maximum atomic E-state index is 12.5. The Morgan fingerprint density at radius 2 is 2.10 bits per heavy atom. The topological polar surface area (TPSA) is 48.1 Å². The van der Waals surface area contributed by atoms with Gasteiger partial charge in [0.25, 0.3) is 0 Å². The predicted molar refractivity (Wildman–Crippen MR) is 71.9 cm³/mol. The van der Waals surface area contributed by atoms with Gasteiger partial charge in [-0.3, -0.25) is 0 Å². The summed E-state index contributed by atoms with van der Waals surface area (Å²) in [6, 6.07) is 3.09. The van der Waals surface area contributed by atoms with Crippen LogP contribution in [0.1, 0.15) is 16.1 Å². The lowest BCUT2D eigenvalue weighted by Crippen LogP contribution is -2.07. The lowest BCUT2D eigenvalue weighted by molar-refractivity contribution is -0.137. The average Bonchev–Trinajstić information content (AvgIpc) is 2.76. The highest BCUT2D eigenvalue weighted by molar-refractivity contribution is 7.09. The highest BCUT2D eigenvalue weighted by Gasteiger charge is 2.30. The molecule has 108 valence electrons. The van der Waals surface area contributed by atoms with E-state index in [2.05, 4.69) is 4.98 Å². The van der Waals surface area contributed by atoms with Gasteiger partial charge in [-0.1, -0.05) is 0 Å². The molecule has 0 saturated heterocycles. The molecule has 0 fully saturated rings. The van der Waals surface area contributed by atoms with E-state index in [9.17, 15) is 13.2 Å². The van der Waals surface area contributed by atoms with Crippen molar-refractivity contribution in [2.45, 2.75) is 19.5 Å². The number of aromatic nitrogens is 1. The summed E-state index contributed by atoms with van der Waals surface area (Å²) in [6.45, 7) is 2.25. The Morgan fingerprint density at radius 3 is 2.65 bits per heavy atom. The Bertz CT molecular complexity index is 596. The van der Waals surface area contributed by atoms with E-state index >= 15 is 0 Å². The van der Waals surface area contributed by atoms with Gasteiger partial charge in [0.05, 0.1) is 29.1 Å². The molecule has 20 heavy (non-hydrogen) atoms. The van der Waals surface area contributed by atoms with Crippen molar-refractivity contribution < 1.29 is 17.9 Å². The molecule has 0 amide bonds. The number of alkyl halides is 3. The molecule has 2 aromatic rings. The van der Waals surface area contributed by atoms with E-state index in [0.29, 0.717) is 13.0 Å². The highest BCUT2D eigenvalue weighted by atomic mass is 32.1. The molecule has 7 heteroatoms. The van der Waals surface area contributed by atoms with E-state index in [4.69, 9.17) is 10.5 Å². The number of nitrogens with zero attached hydrogens (tertiary/aromatic N) is 1. The van der Waals surface area contributed by atoms with E-state index < -0.39 is 11.7 Å². The monoisotopic (exact) mass is 302 g/mol. The minimum Gasteiger partial charge on any atom is -0.491 e. The third kappa shape index (κ3) is 3.41. The van der Waals surface area contributed by atoms with E-state index in [-0.39, 0.29) is 11.4 Å². The molecule has 2 N–H and O–H groups in total. The number of hydrogen-bond acceptors (Lipinski definition) is 4. The Balaban J connectivity index is 1.98. The SMILES string of the molecule is Cc1ncsc1CCOc1ccc(C(F)(F)F)cc1N. The standard InChI is InChI=1S/C13H13F3N2OS/c1-8-12(20-7-18-8)4-5-19-11-3-2-9(6-10(11)17)13(14,15)16/h2-3,6-7H,4-5,17H2,1H3. The average molecular weight is 302 g/mol. The van der Waals surface area contributed by atoms with Gasteiger partial charge >= 0.3 is 6.18 Å². The van der Waals surface area contributed by atoms with Crippen LogP contribution < -0.4 is 10.5 Å². The van der Waals surface area contributed by atoms with E-state index in [0.717, 1.165) is 22.7 Å². The second kappa shape index (κ2) is 5.70. The summed E-state index contributed by atoms with van der Waals surface area (Å²) in [5, 5.41) is 0. The van der Waals surface area contributed by atoms with Gasteiger partial charge < -0.3 is 10.5 Å². The van der Waals surface area contributed by atoms with Crippen LogP contribution in [0, 0.1) is 6.92 Å². The summed E-state index contributed by atoms with van der Waals surface area (Å²) in [5.41, 5.74) is 7.47. The maximum absolute atomic E-state index is 12.5. The molecule has 0 aliphatic carbocycles. The number of ether oxygens (including phenoxy) is 1. The van der Waals surface area contributed by atoms with E-state index in [1.54, 1.807) is 5.51 Å². The summed E-state index contributed by atoms with van der Waals surface area (Å²) in [6.07, 6.45) is -3.75. The fraction of sp³-hybridized carbons (Fsp3) is 0.308. The third-order valence-electron chi connectivity index (χ3n) is 2.77. The largest absolute Gasteiger partial charge is 0.491 e. The van der Waals surface area contributed by atoms with Crippen LogP contribution in [0.2, 0.25) is 0 Å². The maximum Gasteiger partial charge on any atom is 0.416 e. The van der Waals surface area contributed by atoms with Crippen LogP contribution in [-0.4, -0.2) is 11.6 Å². The highest BCUT2D eigenvalue weighted by Crippen LogP contribution is 2.33. The molecule has 1 aromatic carbocycles. The quantitative estimate of drug-likeness (QED) is 0.877. The van der Waals surface area contributed by atoms with Crippen LogP contribution in [0.4, 0.5) is 18.9 Å². The first kappa shape index (κ1) is 14.6.